The zero-order valence-electron chi connectivity index (χ0n) is 56.3. The second-order valence-electron chi connectivity index (χ2n) is 25.0. The maximum Gasteiger partial charge on any atom is 0.472 e. The van der Waals surface area contributed by atoms with E-state index in [4.69, 9.17) is 13.8 Å². The van der Waals surface area contributed by atoms with Crippen molar-refractivity contribution in [2.75, 3.05) is 40.9 Å². The Hall–Kier alpha value is -3.07. The van der Waals surface area contributed by atoms with Crippen molar-refractivity contribution in [2.24, 2.45) is 0 Å². The van der Waals surface area contributed by atoms with Gasteiger partial charge in [-0.25, -0.2) is 4.57 Å². The minimum atomic E-state index is -4.46. The van der Waals surface area contributed by atoms with E-state index in [1.165, 1.54) is 180 Å². The number of phosphoric acid groups is 1. The SMILES string of the molecule is CCCCC/C=C\C/C=C\C/C=C\C/C=C\CCCCCCCCCCCC(=O)NC(COP(=O)(O)OCC[N+](C)(C)C)C(/C=C/CCCCCCCCCCC)OC(=O)CCCCCCCCCCCC/C=C\C/C=C\C/C=C\CCCCC. The number of carbonyl (C=O) groups is 2. The molecule has 0 bridgehead atoms. The van der Waals surface area contributed by atoms with E-state index in [2.05, 4.69) is 111 Å². The van der Waals surface area contributed by atoms with Crippen LogP contribution in [-0.2, 0) is 27.9 Å². The number of allylic oxidation sites excluding steroid dienone is 15. The predicted molar refractivity (Wildman–Crippen MR) is 369 cm³/mol. The number of likely N-dealkylation sites (N-methyl/N-ethyl adjacent to an activating group) is 1. The molecule has 85 heavy (non-hydrogen) atoms. The maximum atomic E-state index is 13.6. The van der Waals surface area contributed by atoms with Crippen LogP contribution in [0.25, 0.3) is 0 Å². The van der Waals surface area contributed by atoms with Crippen molar-refractivity contribution in [1.29, 1.82) is 0 Å². The molecule has 3 atom stereocenters. The van der Waals surface area contributed by atoms with Gasteiger partial charge < -0.3 is 19.4 Å². The van der Waals surface area contributed by atoms with Crippen molar-refractivity contribution in [3.05, 3.63) is 97.2 Å². The van der Waals surface area contributed by atoms with Gasteiger partial charge in [0.05, 0.1) is 33.8 Å². The molecule has 0 rings (SSSR count). The van der Waals surface area contributed by atoms with Crippen molar-refractivity contribution in [3.8, 4) is 0 Å². The molecule has 0 aliphatic carbocycles. The fourth-order valence-electron chi connectivity index (χ4n) is 9.99. The molecule has 0 radical (unpaired) electrons. The second-order valence-corrected chi connectivity index (χ2v) is 26.5. The average molecular weight is 1210 g/mol. The number of unbranched alkanes of at least 4 members (excludes halogenated alkanes) is 34. The van der Waals surface area contributed by atoms with Crippen LogP contribution in [0.5, 0.6) is 0 Å². The van der Waals surface area contributed by atoms with Gasteiger partial charge in [-0.3, -0.25) is 18.6 Å². The lowest BCUT2D eigenvalue weighted by Crippen LogP contribution is -2.47. The predicted octanol–water partition coefficient (Wildman–Crippen LogP) is 22.7. The highest BCUT2D eigenvalue weighted by Crippen LogP contribution is 2.43. The average Bonchev–Trinajstić information content (AvgIpc) is 3.64. The number of carbonyl (C=O) groups excluding carboxylic acids is 2. The summed E-state index contributed by atoms with van der Waals surface area (Å²) in [6.45, 7) is 6.96. The van der Waals surface area contributed by atoms with E-state index in [0.717, 1.165) is 103 Å². The quantitative estimate of drug-likeness (QED) is 0.0205. The summed E-state index contributed by atoms with van der Waals surface area (Å²) >= 11 is 0. The zero-order valence-corrected chi connectivity index (χ0v) is 57.2. The third kappa shape index (κ3) is 65.2. The van der Waals surface area contributed by atoms with Crippen LogP contribution in [0.2, 0.25) is 0 Å². The maximum absolute atomic E-state index is 13.6. The third-order valence-electron chi connectivity index (χ3n) is 15.5. The molecule has 0 saturated heterocycles. The van der Waals surface area contributed by atoms with Crippen LogP contribution in [0.15, 0.2) is 97.2 Å². The largest absolute Gasteiger partial charge is 0.472 e. The Bertz CT molecular complexity index is 1780. The molecular weight excluding hydrogens is 1070 g/mol. The van der Waals surface area contributed by atoms with E-state index in [9.17, 15) is 19.0 Å². The van der Waals surface area contributed by atoms with Crippen LogP contribution < -0.4 is 5.32 Å². The summed E-state index contributed by atoms with van der Waals surface area (Å²) in [7, 11) is 1.48. The van der Waals surface area contributed by atoms with Gasteiger partial charge in [0.15, 0.2) is 0 Å². The van der Waals surface area contributed by atoms with Crippen LogP contribution in [0.4, 0.5) is 0 Å². The first kappa shape index (κ1) is 81.9. The molecule has 0 aromatic carbocycles. The minimum absolute atomic E-state index is 0.0346. The van der Waals surface area contributed by atoms with Gasteiger partial charge in [0.2, 0.25) is 5.91 Å². The number of hydrogen-bond acceptors (Lipinski definition) is 6. The lowest BCUT2D eigenvalue weighted by atomic mass is 10.0. The highest BCUT2D eigenvalue weighted by Gasteiger charge is 2.30. The first-order chi connectivity index (χ1) is 41.4. The molecule has 0 saturated carbocycles. The van der Waals surface area contributed by atoms with E-state index in [-0.39, 0.29) is 31.5 Å². The minimum Gasteiger partial charge on any atom is -0.456 e. The Labute approximate surface area is 526 Å². The molecule has 492 valence electrons. The Morgan fingerprint density at radius 3 is 1.09 bits per heavy atom. The van der Waals surface area contributed by atoms with Crippen LogP contribution in [0.3, 0.4) is 0 Å². The lowest BCUT2D eigenvalue weighted by molar-refractivity contribution is -0.870. The summed E-state index contributed by atoms with van der Waals surface area (Å²) in [5.74, 6) is -0.514. The second kappa shape index (κ2) is 63.9. The molecule has 0 aromatic heterocycles. The summed E-state index contributed by atoms with van der Waals surface area (Å²) in [5, 5.41) is 3.06. The number of quaternary nitrogens is 1. The van der Waals surface area contributed by atoms with Gasteiger partial charge in [-0.1, -0.05) is 285 Å². The number of nitrogens with one attached hydrogen (secondary N) is 1. The molecule has 1 amide bonds. The first-order valence-electron chi connectivity index (χ1n) is 35.6. The van der Waals surface area contributed by atoms with Crippen molar-refractivity contribution in [3.63, 3.8) is 0 Å². The number of hydrogen-bond donors (Lipinski definition) is 2. The van der Waals surface area contributed by atoms with Gasteiger partial charge in [0.1, 0.15) is 19.3 Å². The van der Waals surface area contributed by atoms with Gasteiger partial charge in [0.25, 0.3) is 0 Å². The van der Waals surface area contributed by atoms with Gasteiger partial charge in [-0.2, -0.15) is 0 Å². The summed E-state index contributed by atoms with van der Waals surface area (Å²) < 4.78 is 30.8. The molecule has 10 heteroatoms. The van der Waals surface area contributed by atoms with Crippen LogP contribution in [0, 0.1) is 0 Å². The zero-order chi connectivity index (χ0) is 62.1. The molecule has 0 aliphatic rings. The first-order valence-corrected chi connectivity index (χ1v) is 37.1. The van der Waals surface area contributed by atoms with Crippen molar-refractivity contribution in [1.82, 2.24) is 5.32 Å². The highest BCUT2D eigenvalue weighted by molar-refractivity contribution is 7.47. The van der Waals surface area contributed by atoms with E-state index < -0.39 is 20.0 Å². The number of nitrogens with zero attached hydrogens (tertiary/aromatic N) is 1. The van der Waals surface area contributed by atoms with Gasteiger partial charge in [-0.05, 0) is 115 Å². The van der Waals surface area contributed by atoms with Crippen molar-refractivity contribution in [2.45, 2.75) is 328 Å². The Morgan fingerprint density at radius 2 is 0.718 bits per heavy atom. The van der Waals surface area contributed by atoms with Crippen molar-refractivity contribution >= 4 is 19.7 Å². The van der Waals surface area contributed by atoms with Gasteiger partial charge in [0, 0.05) is 12.8 Å². The number of ether oxygens (including phenoxy) is 1. The molecule has 0 aromatic rings. The number of phosphoric ester groups is 1. The van der Waals surface area contributed by atoms with Crippen LogP contribution >= 0.6 is 7.82 Å². The normalized spacial score (nSPS) is 14.1. The molecule has 2 N–H and O–H groups in total. The summed E-state index contributed by atoms with van der Waals surface area (Å²) in [4.78, 5) is 37.9. The topological polar surface area (TPSA) is 111 Å². The number of rotatable bonds is 64. The third-order valence-corrected chi connectivity index (χ3v) is 16.5. The number of esters is 1. The standard InChI is InChI=1S/C75H135N2O7P/c1-7-10-13-16-19-22-25-27-29-31-33-35-37-38-40-41-43-45-47-49-52-55-58-61-64-67-74(78)76-72(71-83-85(80,81)82-70-69-77(4,5)6)73(66-63-60-57-54-51-24-21-18-15-12-9-3)84-75(79)68-65-62-59-56-53-50-48-46-44-42-39-36-34-32-30-28-26-23-20-17-14-11-8-2/h19-20,22-23,27-30,33-36,38,40,63,66,72-73H,7-18,21,24-26,31-32,37,39,41-62,64-65,67-71H2,1-6H3,(H-,76,78,80,81)/p+1/b22-19-,23-20-,29-27-,30-28-,35-33-,36-34-,40-38-,66-63+. The molecule has 0 fully saturated rings. The monoisotopic (exact) mass is 1210 g/mol. The Balaban J connectivity index is 5.06. The summed E-state index contributed by atoms with van der Waals surface area (Å²) in [5.41, 5.74) is 0. The molecule has 9 nitrogen and oxygen atoms in total. The summed E-state index contributed by atoms with van der Waals surface area (Å²) in [6, 6.07) is -0.859. The van der Waals surface area contributed by atoms with E-state index in [1.54, 1.807) is 0 Å². The molecule has 0 spiro atoms. The highest BCUT2D eigenvalue weighted by atomic mass is 31.2. The lowest BCUT2D eigenvalue weighted by Gasteiger charge is -2.27. The van der Waals surface area contributed by atoms with Crippen molar-refractivity contribution < 1.29 is 37.3 Å². The van der Waals surface area contributed by atoms with E-state index in [0.29, 0.717) is 17.4 Å². The van der Waals surface area contributed by atoms with Gasteiger partial charge in [-0.15, -0.1) is 0 Å². The molecule has 0 aliphatic heterocycles. The van der Waals surface area contributed by atoms with Crippen LogP contribution in [-0.4, -0.2) is 74.3 Å². The smallest absolute Gasteiger partial charge is 0.456 e. The summed E-state index contributed by atoms with van der Waals surface area (Å²) in [6.07, 6.45) is 87.0. The molecular formula is C75H136N2O7P+. The van der Waals surface area contributed by atoms with E-state index in [1.807, 2.05) is 33.3 Å². The Kier molecular flexibility index (Phi) is 61.6. The van der Waals surface area contributed by atoms with Crippen LogP contribution in [0.1, 0.15) is 316 Å². The van der Waals surface area contributed by atoms with E-state index >= 15 is 0 Å². The Morgan fingerprint density at radius 1 is 0.412 bits per heavy atom. The fourth-order valence-corrected chi connectivity index (χ4v) is 10.7. The molecule has 0 heterocycles. The molecule has 3 unspecified atom stereocenters. The van der Waals surface area contributed by atoms with Gasteiger partial charge >= 0.3 is 13.8 Å². The number of amides is 1. The fraction of sp³-hybridized carbons (Fsp3) is 0.760.